The summed E-state index contributed by atoms with van der Waals surface area (Å²) in [5.74, 6) is -1.76. The maximum absolute atomic E-state index is 15.2. The van der Waals surface area contributed by atoms with Crippen LogP contribution in [0.1, 0.15) is 31.4 Å². The summed E-state index contributed by atoms with van der Waals surface area (Å²) in [7, 11) is 0. The van der Waals surface area contributed by atoms with Crippen molar-refractivity contribution in [3.8, 4) is 5.75 Å². The molecular weight excluding hydrogens is 616 g/mol. The van der Waals surface area contributed by atoms with Gasteiger partial charge in [0.15, 0.2) is 11.6 Å². The van der Waals surface area contributed by atoms with E-state index in [1.165, 1.54) is 0 Å². The van der Waals surface area contributed by atoms with Crippen LogP contribution in [-0.2, 0) is 25.2 Å². The molecule has 0 aromatic heterocycles. The van der Waals surface area contributed by atoms with E-state index in [2.05, 4.69) is 27.8 Å². The van der Waals surface area contributed by atoms with Gasteiger partial charge in [-0.15, -0.1) is 0 Å². The maximum Gasteiger partial charge on any atom is 0.416 e. The second-order valence-corrected chi connectivity index (χ2v) is 10.4. The summed E-state index contributed by atoms with van der Waals surface area (Å²) in [6.45, 7) is 10.4. The highest BCUT2D eigenvalue weighted by atomic mass is 19.4. The van der Waals surface area contributed by atoms with Crippen LogP contribution in [0.25, 0.3) is 0 Å². The van der Waals surface area contributed by atoms with Crippen molar-refractivity contribution >= 4 is 29.5 Å². The molecule has 0 aliphatic carbocycles. The minimum absolute atomic E-state index is 0.0630. The number of anilines is 3. The number of aryl methyl sites for hydroxylation is 1. The van der Waals surface area contributed by atoms with E-state index in [9.17, 15) is 22.8 Å². The molecule has 3 amide bonds. The van der Waals surface area contributed by atoms with Crippen LogP contribution in [-0.4, -0.2) is 76.4 Å². The quantitative estimate of drug-likeness (QED) is 0.0692. The molecule has 0 radical (unpaired) electrons. The SMILES string of the molecule is C=C(C[C@H](Nc1cc(NC(=O)Nc2cc(C(F)(F)F)cc(OCCOCCOCCOCCO)c2F)ccc1C)C(C)C)NC=O. The van der Waals surface area contributed by atoms with Gasteiger partial charge in [-0.1, -0.05) is 26.5 Å². The first-order valence-electron chi connectivity index (χ1n) is 14.6. The lowest BCUT2D eigenvalue weighted by molar-refractivity contribution is -0.137. The van der Waals surface area contributed by atoms with Crippen LogP contribution in [0.2, 0.25) is 0 Å². The van der Waals surface area contributed by atoms with Crippen molar-refractivity contribution in [1.29, 1.82) is 0 Å². The Bertz CT molecular complexity index is 1280. The molecule has 0 saturated heterocycles. The minimum Gasteiger partial charge on any atom is -0.488 e. The molecule has 5 N–H and O–H groups in total. The molecule has 0 spiro atoms. The zero-order valence-corrected chi connectivity index (χ0v) is 26.1. The third kappa shape index (κ3) is 13.6. The molecule has 0 unspecified atom stereocenters. The molecule has 0 bridgehead atoms. The maximum atomic E-state index is 15.2. The number of rotatable bonds is 21. The smallest absolute Gasteiger partial charge is 0.416 e. The summed E-state index contributed by atoms with van der Waals surface area (Å²) in [6, 6.07) is 4.84. The van der Waals surface area contributed by atoms with Gasteiger partial charge in [0.2, 0.25) is 6.41 Å². The molecule has 0 fully saturated rings. The van der Waals surface area contributed by atoms with Crippen LogP contribution in [0.5, 0.6) is 5.75 Å². The molecule has 1 atom stereocenters. The van der Waals surface area contributed by atoms with Gasteiger partial charge in [0.1, 0.15) is 6.61 Å². The van der Waals surface area contributed by atoms with E-state index in [1.807, 2.05) is 20.8 Å². The topological polar surface area (TPSA) is 139 Å². The fourth-order valence-electron chi connectivity index (χ4n) is 3.98. The number of halogens is 4. The highest BCUT2D eigenvalue weighted by molar-refractivity contribution is 6.00. The standard InChI is InChI=1S/C31H42F4N4O7/c1-20(2)25(15-22(4)36-19-41)38-26-18-24(6-5-21(26)3)37-30(42)39-27-16-23(31(33,34)35)17-28(29(27)32)46-14-13-45-12-11-44-10-9-43-8-7-40/h5-6,16-20,25,38,40H,4,7-15H2,1-3H3,(H,36,41)(H2,37,39,42)/t25-/m0/s1. The molecule has 0 aliphatic rings. The zero-order chi connectivity index (χ0) is 34.1. The number of ether oxygens (including phenoxy) is 4. The van der Waals surface area contributed by atoms with E-state index < -0.39 is 35.0 Å². The Kier molecular flexibility index (Phi) is 16.3. The van der Waals surface area contributed by atoms with Gasteiger partial charge in [0.05, 0.1) is 57.5 Å². The molecule has 0 saturated carbocycles. The van der Waals surface area contributed by atoms with E-state index in [-0.39, 0.29) is 58.2 Å². The Morgan fingerprint density at radius 2 is 1.59 bits per heavy atom. The number of carbonyl (C=O) groups is 2. The highest BCUT2D eigenvalue weighted by Gasteiger charge is 2.33. The highest BCUT2D eigenvalue weighted by Crippen LogP contribution is 2.36. The van der Waals surface area contributed by atoms with Gasteiger partial charge in [-0.3, -0.25) is 4.79 Å². The van der Waals surface area contributed by atoms with Crippen molar-refractivity contribution in [2.75, 3.05) is 68.8 Å². The largest absolute Gasteiger partial charge is 0.488 e. The minimum atomic E-state index is -4.84. The second-order valence-electron chi connectivity index (χ2n) is 10.4. The number of hydrogen-bond acceptors (Lipinski definition) is 8. The van der Waals surface area contributed by atoms with Crippen LogP contribution >= 0.6 is 0 Å². The molecule has 256 valence electrons. The van der Waals surface area contributed by atoms with E-state index >= 15 is 4.39 Å². The lowest BCUT2D eigenvalue weighted by Crippen LogP contribution is -2.29. The van der Waals surface area contributed by atoms with Gasteiger partial charge < -0.3 is 45.3 Å². The molecule has 0 heterocycles. The molecular formula is C31H42F4N4O7. The van der Waals surface area contributed by atoms with E-state index in [1.54, 1.807) is 18.2 Å². The Morgan fingerprint density at radius 1 is 0.957 bits per heavy atom. The number of alkyl halides is 3. The first kappa shape index (κ1) is 38.3. The Hall–Kier alpha value is -3.92. The average Bonchev–Trinajstić information content (AvgIpc) is 2.98. The number of aliphatic hydroxyl groups excluding tert-OH is 1. The zero-order valence-electron chi connectivity index (χ0n) is 26.1. The Morgan fingerprint density at radius 3 is 2.17 bits per heavy atom. The van der Waals surface area contributed by atoms with Crippen LogP contribution in [0.4, 0.5) is 39.4 Å². The van der Waals surface area contributed by atoms with Crippen molar-refractivity contribution in [3.63, 3.8) is 0 Å². The number of nitrogens with one attached hydrogen (secondary N) is 4. The first-order chi connectivity index (χ1) is 21.8. The van der Waals surface area contributed by atoms with E-state index in [4.69, 9.17) is 24.1 Å². The molecule has 46 heavy (non-hydrogen) atoms. The fourth-order valence-corrected chi connectivity index (χ4v) is 3.98. The number of amides is 3. The fraction of sp³-hybridized carbons (Fsp3) is 0.484. The van der Waals surface area contributed by atoms with E-state index in [0.717, 1.165) is 5.56 Å². The second kappa shape index (κ2) is 19.6. The lowest BCUT2D eigenvalue weighted by Gasteiger charge is -2.25. The van der Waals surface area contributed by atoms with Crippen LogP contribution in [0.15, 0.2) is 42.6 Å². The van der Waals surface area contributed by atoms with Crippen molar-refractivity contribution in [2.45, 2.75) is 39.4 Å². The van der Waals surface area contributed by atoms with Crippen molar-refractivity contribution in [1.82, 2.24) is 5.32 Å². The number of benzene rings is 2. The summed E-state index contributed by atoms with van der Waals surface area (Å²) in [4.78, 5) is 23.5. The van der Waals surface area contributed by atoms with E-state index in [0.29, 0.717) is 48.6 Å². The Balaban J connectivity index is 2.04. The third-order valence-corrected chi connectivity index (χ3v) is 6.45. The van der Waals surface area contributed by atoms with Crippen LogP contribution in [0, 0.1) is 18.7 Å². The summed E-state index contributed by atoms with van der Waals surface area (Å²) >= 11 is 0. The van der Waals surface area contributed by atoms with Crippen LogP contribution in [0.3, 0.4) is 0 Å². The molecule has 15 heteroatoms. The van der Waals surface area contributed by atoms with Gasteiger partial charge in [0.25, 0.3) is 0 Å². The predicted molar refractivity (Wildman–Crippen MR) is 165 cm³/mol. The van der Waals surface area contributed by atoms with Crippen molar-refractivity contribution < 1.29 is 51.2 Å². The summed E-state index contributed by atoms with van der Waals surface area (Å²) in [6.07, 6.45) is -3.86. The average molecular weight is 659 g/mol. The van der Waals surface area contributed by atoms with Gasteiger partial charge in [-0.2, -0.15) is 13.2 Å². The summed E-state index contributed by atoms with van der Waals surface area (Å²) < 4.78 is 76.7. The number of carbonyl (C=O) groups excluding carboxylic acids is 2. The number of aliphatic hydroxyl groups is 1. The lowest BCUT2D eigenvalue weighted by atomic mass is 9.98. The molecule has 2 aromatic rings. The Labute approximate surface area is 265 Å². The number of hydrogen-bond donors (Lipinski definition) is 5. The normalized spacial score (nSPS) is 12.0. The van der Waals surface area contributed by atoms with Crippen LogP contribution < -0.4 is 26.0 Å². The third-order valence-electron chi connectivity index (χ3n) is 6.45. The van der Waals surface area contributed by atoms with Gasteiger partial charge in [-0.25, -0.2) is 9.18 Å². The summed E-state index contributed by atoms with van der Waals surface area (Å²) in [5, 5.41) is 19.2. The van der Waals surface area contributed by atoms with Crippen molar-refractivity contribution in [2.24, 2.45) is 5.92 Å². The predicted octanol–water partition coefficient (Wildman–Crippen LogP) is 5.30. The molecule has 2 rings (SSSR count). The molecule has 2 aromatic carbocycles. The molecule has 11 nitrogen and oxygen atoms in total. The molecule has 0 aliphatic heterocycles. The van der Waals surface area contributed by atoms with Gasteiger partial charge in [-0.05, 0) is 42.7 Å². The number of urea groups is 1. The first-order valence-corrected chi connectivity index (χ1v) is 14.6. The summed E-state index contributed by atoms with van der Waals surface area (Å²) in [5.41, 5.74) is 0.374. The van der Waals surface area contributed by atoms with Gasteiger partial charge >= 0.3 is 12.2 Å². The monoisotopic (exact) mass is 658 g/mol. The van der Waals surface area contributed by atoms with Gasteiger partial charge in [0, 0.05) is 29.5 Å². The van der Waals surface area contributed by atoms with Crippen molar-refractivity contribution in [3.05, 3.63) is 59.6 Å².